The summed E-state index contributed by atoms with van der Waals surface area (Å²) in [6.45, 7) is 4.75. The average molecular weight is 513 g/mol. The molecule has 0 bridgehead atoms. The van der Waals surface area contributed by atoms with Gasteiger partial charge in [-0.1, -0.05) is 24.3 Å². The summed E-state index contributed by atoms with van der Waals surface area (Å²) < 4.78 is 0. The lowest BCUT2D eigenvalue weighted by Crippen LogP contribution is -2.34. The molecule has 4 aromatic rings. The van der Waals surface area contributed by atoms with Crippen LogP contribution in [0.25, 0.3) is 22.0 Å². The van der Waals surface area contributed by atoms with Gasteiger partial charge >= 0.3 is 0 Å². The maximum atomic E-state index is 11.6. The molecule has 1 amide bonds. The first-order valence-electron chi connectivity index (χ1n) is 13.2. The molecule has 0 unspecified atom stereocenters. The van der Waals surface area contributed by atoms with Gasteiger partial charge < -0.3 is 15.0 Å². The van der Waals surface area contributed by atoms with E-state index in [-0.39, 0.29) is 5.56 Å². The predicted molar refractivity (Wildman–Crippen MR) is 145 cm³/mol. The standard InChI is InChI=1S/C29H32N6O3/c36-18-19-6-9-34(10-7-19)16-20-2-1-3-21(12-20)22-4-5-26-24(13-22)25-17-35(11-8-27(25)32-26)29-30-14-23(15-31-29)28(37)33-38/h1-5,12-15,19,32,36,38H,6-11,16-18H2,(H,33,37). The zero-order chi connectivity index (χ0) is 26.1. The number of likely N-dealkylation sites (tertiary alicyclic amines) is 1. The molecule has 9 heteroatoms. The van der Waals surface area contributed by atoms with Crippen LogP contribution in [0.3, 0.4) is 0 Å². The van der Waals surface area contributed by atoms with Crippen molar-refractivity contribution in [3.63, 3.8) is 0 Å². The number of fused-ring (bicyclic) bond motifs is 3. The van der Waals surface area contributed by atoms with Crippen LogP contribution in [-0.2, 0) is 19.5 Å². The number of nitrogens with zero attached hydrogens (tertiary/aromatic N) is 4. The third-order valence-electron chi connectivity index (χ3n) is 7.89. The SMILES string of the molecule is O=C(NO)c1cnc(N2CCc3[nH]c4ccc(-c5cccc(CN6CCC(CO)CC6)c5)cc4c3C2)nc1. The molecule has 1 fully saturated rings. The quantitative estimate of drug-likeness (QED) is 0.231. The number of aromatic nitrogens is 3. The molecule has 1 saturated heterocycles. The minimum absolute atomic E-state index is 0.211. The molecule has 2 aromatic heterocycles. The Morgan fingerprint density at radius 3 is 2.61 bits per heavy atom. The Morgan fingerprint density at radius 1 is 1.05 bits per heavy atom. The second-order valence-corrected chi connectivity index (χ2v) is 10.3. The Balaban J connectivity index is 1.22. The first kappa shape index (κ1) is 24.5. The molecule has 2 aliphatic rings. The van der Waals surface area contributed by atoms with Gasteiger partial charge in [0.05, 0.1) is 5.56 Å². The Morgan fingerprint density at radius 2 is 1.84 bits per heavy atom. The van der Waals surface area contributed by atoms with E-state index in [1.54, 1.807) is 5.48 Å². The lowest BCUT2D eigenvalue weighted by atomic mass is 9.96. The van der Waals surface area contributed by atoms with Crippen molar-refractivity contribution in [1.29, 1.82) is 0 Å². The first-order chi connectivity index (χ1) is 18.6. The molecule has 0 atom stereocenters. The number of piperidine rings is 1. The number of aliphatic hydroxyl groups is 1. The predicted octanol–water partition coefficient (Wildman–Crippen LogP) is 3.51. The molecule has 0 radical (unpaired) electrons. The van der Waals surface area contributed by atoms with Crippen LogP contribution in [0.5, 0.6) is 0 Å². The van der Waals surface area contributed by atoms with E-state index < -0.39 is 5.91 Å². The number of anilines is 1. The van der Waals surface area contributed by atoms with E-state index in [1.165, 1.54) is 45.7 Å². The van der Waals surface area contributed by atoms with Gasteiger partial charge in [0, 0.05) is 67.2 Å². The second kappa shape index (κ2) is 10.5. The molecule has 38 heavy (non-hydrogen) atoms. The number of hydrogen-bond donors (Lipinski definition) is 4. The minimum atomic E-state index is -0.628. The number of hydrogen-bond acceptors (Lipinski definition) is 7. The lowest BCUT2D eigenvalue weighted by molar-refractivity contribution is 0.0705. The van der Waals surface area contributed by atoms with Crippen molar-refractivity contribution >= 4 is 22.8 Å². The van der Waals surface area contributed by atoms with Crippen LogP contribution in [0.15, 0.2) is 54.9 Å². The third-order valence-corrected chi connectivity index (χ3v) is 7.89. The summed E-state index contributed by atoms with van der Waals surface area (Å²) in [6, 6.07) is 15.4. The van der Waals surface area contributed by atoms with Crippen molar-refractivity contribution < 1.29 is 15.1 Å². The molecule has 4 heterocycles. The molecule has 0 saturated carbocycles. The van der Waals surface area contributed by atoms with E-state index in [9.17, 15) is 9.90 Å². The topological polar surface area (TPSA) is 118 Å². The van der Waals surface area contributed by atoms with Crippen molar-refractivity contribution in [2.75, 3.05) is 31.1 Å². The number of carbonyl (C=O) groups excluding carboxylic acids is 1. The highest BCUT2D eigenvalue weighted by Crippen LogP contribution is 2.33. The number of amides is 1. The Labute approximate surface area is 221 Å². The van der Waals surface area contributed by atoms with E-state index in [0.29, 0.717) is 25.0 Å². The average Bonchev–Trinajstić information content (AvgIpc) is 3.34. The van der Waals surface area contributed by atoms with E-state index in [1.807, 2.05) is 0 Å². The summed E-state index contributed by atoms with van der Waals surface area (Å²) in [5.41, 5.74) is 9.13. The molecule has 4 N–H and O–H groups in total. The van der Waals surface area contributed by atoms with Crippen LogP contribution in [0.1, 0.15) is 40.0 Å². The highest BCUT2D eigenvalue weighted by molar-refractivity contribution is 5.93. The number of benzene rings is 2. The Hall–Kier alpha value is -3.79. The van der Waals surface area contributed by atoms with E-state index in [0.717, 1.165) is 51.0 Å². The van der Waals surface area contributed by atoms with Crippen LogP contribution in [0, 0.1) is 5.92 Å². The molecule has 0 spiro atoms. The Bertz CT molecular complexity index is 1440. The largest absolute Gasteiger partial charge is 0.396 e. The fourth-order valence-corrected chi connectivity index (χ4v) is 5.67. The van der Waals surface area contributed by atoms with Gasteiger partial charge in [-0.3, -0.25) is 14.9 Å². The maximum Gasteiger partial charge on any atom is 0.277 e. The van der Waals surface area contributed by atoms with Gasteiger partial charge in [0.1, 0.15) is 0 Å². The molecule has 196 valence electrons. The van der Waals surface area contributed by atoms with E-state index in [2.05, 4.69) is 67.2 Å². The highest BCUT2D eigenvalue weighted by Gasteiger charge is 2.23. The van der Waals surface area contributed by atoms with Crippen molar-refractivity contribution in [3.8, 4) is 11.1 Å². The number of aromatic amines is 1. The number of nitrogens with one attached hydrogen (secondary N) is 2. The molecule has 9 nitrogen and oxygen atoms in total. The van der Waals surface area contributed by atoms with Crippen molar-refractivity contribution in [2.24, 2.45) is 5.92 Å². The summed E-state index contributed by atoms with van der Waals surface area (Å²) in [6.07, 6.45) is 5.84. The highest BCUT2D eigenvalue weighted by atomic mass is 16.5. The third kappa shape index (κ3) is 4.88. The zero-order valence-electron chi connectivity index (χ0n) is 21.2. The lowest BCUT2D eigenvalue weighted by Gasteiger charge is -2.31. The van der Waals surface area contributed by atoms with E-state index >= 15 is 0 Å². The normalized spacial score (nSPS) is 16.5. The molecule has 6 rings (SSSR count). The monoisotopic (exact) mass is 512 g/mol. The van der Waals surface area contributed by atoms with Gasteiger partial charge in [-0.2, -0.15) is 0 Å². The number of aliphatic hydroxyl groups excluding tert-OH is 1. The van der Waals surface area contributed by atoms with Crippen molar-refractivity contribution in [1.82, 2.24) is 25.3 Å². The fraction of sp³-hybridized carbons (Fsp3) is 0.345. The molecule has 2 aliphatic heterocycles. The summed E-state index contributed by atoms with van der Waals surface area (Å²) in [7, 11) is 0. The fourth-order valence-electron chi connectivity index (χ4n) is 5.67. The molecule has 0 aliphatic carbocycles. The minimum Gasteiger partial charge on any atom is -0.396 e. The van der Waals surface area contributed by atoms with Gasteiger partial charge in [-0.05, 0) is 66.7 Å². The van der Waals surface area contributed by atoms with E-state index in [4.69, 9.17) is 5.21 Å². The zero-order valence-corrected chi connectivity index (χ0v) is 21.2. The summed E-state index contributed by atoms with van der Waals surface area (Å²) in [4.78, 5) is 28.5. The van der Waals surface area contributed by atoms with Gasteiger partial charge in [-0.15, -0.1) is 0 Å². The number of rotatable bonds is 6. The smallest absolute Gasteiger partial charge is 0.277 e. The number of carbonyl (C=O) groups is 1. The summed E-state index contributed by atoms with van der Waals surface area (Å²) in [5, 5.41) is 19.5. The van der Waals surface area contributed by atoms with Gasteiger partial charge in [0.2, 0.25) is 5.95 Å². The second-order valence-electron chi connectivity index (χ2n) is 10.3. The maximum absolute atomic E-state index is 11.6. The van der Waals surface area contributed by atoms with Crippen LogP contribution >= 0.6 is 0 Å². The van der Waals surface area contributed by atoms with Crippen LogP contribution in [0.4, 0.5) is 5.95 Å². The van der Waals surface area contributed by atoms with Crippen LogP contribution in [-0.4, -0.2) is 62.3 Å². The van der Waals surface area contributed by atoms with Gasteiger partial charge in [-0.25, -0.2) is 15.4 Å². The van der Waals surface area contributed by atoms with Crippen LogP contribution in [0.2, 0.25) is 0 Å². The van der Waals surface area contributed by atoms with Gasteiger partial charge in [0.25, 0.3) is 5.91 Å². The molecule has 2 aromatic carbocycles. The molecular weight excluding hydrogens is 480 g/mol. The van der Waals surface area contributed by atoms with Crippen molar-refractivity contribution in [3.05, 3.63) is 77.2 Å². The number of hydroxylamine groups is 1. The van der Waals surface area contributed by atoms with Crippen LogP contribution < -0.4 is 10.4 Å². The van der Waals surface area contributed by atoms with Gasteiger partial charge in [0.15, 0.2) is 0 Å². The Kier molecular flexibility index (Phi) is 6.80. The summed E-state index contributed by atoms with van der Waals surface area (Å²) in [5.74, 6) is 0.384. The first-order valence-corrected chi connectivity index (χ1v) is 13.2. The van der Waals surface area contributed by atoms with Crippen molar-refractivity contribution in [2.45, 2.75) is 32.4 Å². The summed E-state index contributed by atoms with van der Waals surface area (Å²) >= 11 is 0. The molecular formula is C29H32N6O3. The number of H-pyrrole nitrogens is 1.